The highest BCUT2D eigenvalue weighted by Gasteiger charge is 2.46. The number of allylic oxidation sites excluding steroid dienone is 2. The summed E-state index contributed by atoms with van der Waals surface area (Å²) in [5.74, 6) is 6.36. The molecule has 0 amide bonds. The Hall–Kier alpha value is -1.31. The minimum Gasteiger partial charge on any atom is -0.481 e. The molecule has 0 bridgehead atoms. The van der Waals surface area contributed by atoms with Gasteiger partial charge in [0.1, 0.15) is 6.10 Å². The van der Waals surface area contributed by atoms with Crippen molar-refractivity contribution < 1.29 is 20.1 Å². The number of rotatable bonds is 13. The molecule has 3 N–H and O–H groups in total. The highest BCUT2D eigenvalue weighted by atomic mass is 16.4. The Morgan fingerprint density at radius 3 is 2.50 bits per heavy atom. The van der Waals surface area contributed by atoms with Crippen LogP contribution in [-0.4, -0.2) is 33.5 Å². The average Bonchev–Trinajstić information content (AvgIpc) is 2.69. The molecule has 0 heterocycles. The SMILES string of the molecule is CCCCCCCCCCC(O)C#C[C@@H]1[C@H]2CC(=CCCCC(=O)O)[C@H]2CC[C@H]1O. The Labute approximate surface area is 183 Å². The summed E-state index contributed by atoms with van der Waals surface area (Å²) in [4.78, 5) is 10.6. The number of unbranched alkanes of at least 4 members (excludes halogenated alkanes) is 8. The van der Waals surface area contributed by atoms with Gasteiger partial charge in [-0.3, -0.25) is 4.79 Å². The van der Waals surface area contributed by atoms with Gasteiger partial charge >= 0.3 is 5.97 Å². The summed E-state index contributed by atoms with van der Waals surface area (Å²) in [5.41, 5.74) is 1.42. The molecule has 1 unspecified atom stereocenters. The molecule has 4 heteroatoms. The van der Waals surface area contributed by atoms with E-state index in [4.69, 9.17) is 5.11 Å². The lowest BCUT2D eigenvalue weighted by Gasteiger charge is -2.48. The molecule has 2 aliphatic rings. The molecule has 170 valence electrons. The van der Waals surface area contributed by atoms with Crippen LogP contribution in [0.3, 0.4) is 0 Å². The summed E-state index contributed by atoms with van der Waals surface area (Å²) in [7, 11) is 0. The molecular weight excluding hydrogens is 376 g/mol. The molecule has 0 aromatic carbocycles. The Balaban J connectivity index is 1.68. The fourth-order valence-corrected chi connectivity index (χ4v) is 4.99. The van der Waals surface area contributed by atoms with E-state index in [0.717, 1.165) is 44.9 Å². The van der Waals surface area contributed by atoms with E-state index in [1.54, 1.807) is 0 Å². The van der Waals surface area contributed by atoms with Crippen LogP contribution in [0.1, 0.15) is 103 Å². The minimum atomic E-state index is -0.735. The fourth-order valence-electron chi connectivity index (χ4n) is 4.99. The number of carboxylic acid groups (broad SMARTS) is 1. The van der Waals surface area contributed by atoms with E-state index in [2.05, 4.69) is 24.8 Å². The number of hydrogen-bond acceptors (Lipinski definition) is 3. The first-order valence-electron chi connectivity index (χ1n) is 12.3. The van der Waals surface area contributed by atoms with E-state index in [9.17, 15) is 15.0 Å². The molecule has 0 aromatic rings. The summed E-state index contributed by atoms with van der Waals surface area (Å²) < 4.78 is 0. The van der Waals surface area contributed by atoms with Crippen LogP contribution in [0.4, 0.5) is 0 Å². The Morgan fingerprint density at radius 1 is 1.10 bits per heavy atom. The molecule has 30 heavy (non-hydrogen) atoms. The minimum absolute atomic E-state index is 0.0341. The van der Waals surface area contributed by atoms with Crippen LogP contribution >= 0.6 is 0 Å². The second-order valence-electron chi connectivity index (χ2n) is 9.28. The van der Waals surface area contributed by atoms with Gasteiger partial charge in [0.15, 0.2) is 0 Å². The maximum Gasteiger partial charge on any atom is 0.303 e. The molecular formula is C26H42O4. The van der Waals surface area contributed by atoms with Crippen molar-refractivity contribution in [2.45, 2.75) is 115 Å². The van der Waals surface area contributed by atoms with Crippen LogP contribution in [0.2, 0.25) is 0 Å². The van der Waals surface area contributed by atoms with E-state index in [1.165, 1.54) is 44.1 Å². The summed E-state index contributed by atoms with van der Waals surface area (Å²) in [5, 5.41) is 29.4. The standard InChI is InChI=1S/C26H42O4/c1-2-3-4-5-6-7-8-9-13-21(27)15-16-23-24-19-20(12-10-11-14-26(29)30)22(24)17-18-25(23)28/h12,21-25,27-28H,2-11,13-14,17-19H2,1H3,(H,29,30)/t21?,22-,23-,24+,25-/m1/s1. The van der Waals surface area contributed by atoms with Crippen LogP contribution in [0, 0.1) is 29.6 Å². The van der Waals surface area contributed by atoms with E-state index in [0.29, 0.717) is 18.3 Å². The van der Waals surface area contributed by atoms with E-state index >= 15 is 0 Å². The summed E-state index contributed by atoms with van der Waals surface area (Å²) >= 11 is 0. The number of aliphatic hydroxyl groups is 2. The summed E-state index contributed by atoms with van der Waals surface area (Å²) in [6, 6.07) is 0. The highest BCUT2D eigenvalue weighted by molar-refractivity contribution is 5.66. The topological polar surface area (TPSA) is 77.8 Å². The number of carboxylic acids is 1. The second kappa shape index (κ2) is 13.9. The number of fused-ring (bicyclic) bond motifs is 1. The molecule has 2 aliphatic carbocycles. The van der Waals surface area contributed by atoms with Crippen molar-refractivity contribution in [3.63, 3.8) is 0 Å². The lowest BCUT2D eigenvalue weighted by molar-refractivity contribution is -0.137. The van der Waals surface area contributed by atoms with Crippen LogP contribution in [-0.2, 0) is 4.79 Å². The predicted octanol–water partition coefficient (Wildman–Crippen LogP) is 5.47. The molecule has 5 atom stereocenters. The summed E-state index contributed by atoms with van der Waals surface area (Å²) in [6.07, 6.45) is 16.4. The van der Waals surface area contributed by atoms with Gasteiger partial charge in [-0.1, -0.05) is 75.4 Å². The molecule has 0 spiro atoms. The monoisotopic (exact) mass is 418 g/mol. The van der Waals surface area contributed by atoms with Crippen LogP contribution in [0.5, 0.6) is 0 Å². The molecule has 0 aromatic heterocycles. The third kappa shape index (κ3) is 8.44. The van der Waals surface area contributed by atoms with E-state index < -0.39 is 12.1 Å². The molecule has 2 fully saturated rings. The summed E-state index contributed by atoms with van der Waals surface area (Å²) in [6.45, 7) is 2.24. The first-order valence-corrected chi connectivity index (χ1v) is 12.3. The third-order valence-electron chi connectivity index (χ3n) is 6.86. The number of aliphatic carboxylic acids is 1. The van der Waals surface area contributed by atoms with E-state index in [-0.39, 0.29) is 18.4 Å². The molecule has 0 aliphatic heterocycles. The van der Waals surface area contributed by atoms with Gasteiger partial charge in [0.25, 0.3) is 0 Å². The lowest BCUT2D eigenvalue weighted by Crippen LogP contribution is -2.44. The third-order valence-corrected chi connectivity index (χ3v) is 6.86. The Kier molecular flexibility index (Phi) is 11.6. The highest BCUT2D eigenvalue weighted by Crippen LogP contribution is 2.51. The van der Waals surface area contributed by atoms with Gasteiger partial charge < -0.3 is 15.3 Å². The number of carbonyl (C=O) groups is 1. The van der Waals surface area contributed by atoms with E-state index in [1.807, 2.05) is 0 Å². The van der Waals surface area contributed by atoms with Crippen molar-refractivity contribution >= 4 is 5.97 Å². The Bertz CT molecular complexity index is 600. The van der Waals surface area contributed by atoms with Gasteiger partial charge in [-0.25, -0.2) is 0 Å². The van der Waals surface area contributed by atoms with Crippen LogP contribution in [0.15, 0.2) is 11.6 Å². The second-order valence-corrected chi connectivity index (χ2v) is 9.28. The van der Waals surface area contributed by atoms with Crippen molar-refractivity contribution in [1.29, 1.82) is 0 Å². The van der Waals surface area contributed by atoms with Crippen molar-refractivity contribution in [2.24, 2.45) is 17.8 Å². The fraction of sp³-hybridized carbons (Fsp3) is 0.808. The van der Waals surface area contributed by atoms with Crippen molar-refractivity contribution in [3.05, 3.63) is 11.6 Å². The van der Waals surface area contributed by atoms with Crippen molar-refractivity contribution in [1.82, 2.24) is 0 Å². The van der Waals surface area contributed by atoms with Gasteiger partial charge in [-0.2, -0.15) is 0 Å². The molecule has 0 radical (unpaired) electrons. The lowest BCUT2D eigenvalue weighted by atomic mass is 9.57. The zero-order valence-corrected chi connectivity index (χ0v) is 18.8. The number of aliphatic hydroxyl groups excluding tert-OH is 2. The zero-order chi connectivity index (χ0) is 21.8. The van der Waals surface area contributed by atoms with Gasteiger partial charge in [-0.05, 0) is 56.8 Å². The van der Waals surface area contributed by atoms with Gasteiger partial charge in [0.2, 0.25) is 0 Å². The smallest absolute Gasteiger partial charge is 0.303 e. The largest absolute Gasteiger partial charge is 0.481 e. The van der Waals surface area contributed by atoms with Crippen LogP contribution in [0.25, 0.3) is 0 Å². The molecule has 2 rings (SSSR count). The van der Waals surface area contributed by atoms with Crippen molar-refractivity contribution in [2.75, 3.05) is 0 Å². The van der Waals surface area contributed by atoms with Gasteiger partial charge in [0.05, 0.1) is 12.0 Å². The first kappa shape index (κ1) is 25.0. The van der Waals surface area contributed by atoms with Gasteiger partial charge in [-0.15, -0.1) is 0 Å². The van der Waals surface area contributed by atoms with Crippen molar-refractivity contribution in [3.8, 4) is 11.8 Å². The molecule has 0 saturated heterocycles. The maximum atomic E-state index is 10.6. The normalized spacial score (nSPS) is 27.6. The quantitative estimate of drug-likeness (QED) is 0.210. The average molecular weight is 419 g/mol. The molecule has 2 saturated carbocycles. The van der Waals surface area contributed by atoms with Gasteiger partial charge in [0, 0.05) is 6.42 Å². The first-order chi connectivity index (χ1) is 14.5. The molecule has 4 nitrogen and oxygen atoms in total. The zero-order valence-electron chi connectivity index (χ0n) is 18.8. The Morgan fingerprint density at radius 2 is 1.80 bits per heavy atom. The van der Waals surface area contributed by atoms with Crippen LogP contribution < -0.4 is 0 Å². The predicted molar refractivity (Wildman–Crippen MR) is 121 cm³/mol. The maximum absolute atomic E-state index is 10.6. The number of hydrogen-bond donors (Lipinski definition) is 3.